The lowest BCUT2D eigenvalue weighted by molar-refractivity contribution is 0.216. The molecule has 2 heterocycles. The van der Waals surface area contributed by atoms with Crippen molar-refractivity contribution in [3.63, 3.8) is 0 Å². The zero-order valence-electron chi connectivity index (χ0n) is 14.3. The van der Waals surface area contributed by atoms with Crippen molar-refractivity contribution in [3.8, 4) is 0 Å². The largest absolute Gasteiger partial charge is 0.352 e. The number of hydrogen-bond acceptors (Lipinski definition) is 6. The Morgan fingerprint density at radius 2 is 1.68 bits per heavy atom. The Labute approximate surface area is 137 Å². The number of piperidine rings is 1. The van der Waals surface area contributed by atoms with Gasteiger partial charge in [-0.05, 0) is 66.0 Å². The highest BCUT2D eigenvalue weighted by Gasteiger charge is 2.45. The van der Waals surface area contributed by atoms with Gasteiger partial charge in [-0.25, -0.2) is 0 Å². The quantitative estimate of drug-likeness (QED) is 0.889. The molecule has 3 N–H and O–H groups in total. The Bertz CT molecular complexity index is 525. The summed E-state index contributed by atoms with van der Waals surface area (Å²) < 4.78 is 0. The van der Waals surface area contributed by atoms with Gasteiger partial charge in [0.2, 0.25) is 17.2 Å². The summed E-state index contributed by atoms with van der Waals surface area (Å²) in [5.41, 5.74) is 5.93. The van der Waals surface area contributed by atoms with Crippen molar-refractivity contribution < 1.29 is 0 Å². The molecule has 1 aromatic heterocycles. The summed E-state index contributed by atoms with van der Waals surface area (Å²) in [5.74, 6) is 1.11. The molecular weight excluding hydrogens is 300 g/mol. The van der Waals surface area contributed by atoms with Gasteiger partial charge in [0.15, 0.2) is 0 Å². The molecule has 2 rings (SSSR count). The smallest absolute Gasteiger partial charge is 0.232 e. The van der Waals surface area contributed by atoms with Gasteiger partial charge < -0.3 is 16.0 Å². The summed E-state index contributed by atoms with van der Waals surface area (Å²) in [4.78, 5) is 15.3. The first-order valence-electron chi connectivity index (χ1n) is 7.75. The molecular formula is C15H27ClN6. The van der Waals surface area contributed by atoms with Crippen molar-refractivity contribution in [2.75, 3.05) is 10.2 Å². The normalized spacial score (nSPS) is 21.2. The van der Waals surface area contributed by atoms with Crippen LogP contribution in [0.1, 0.15) is 54.4 Å². The first kappa shape index (κ1) is 17.2. The van der Waals surface area contributed by atoms with E-state index in [-0.39, 0.29) is 28.4 Å². The van der Waals surface area contributed by atoms with Crippen LogP contribution in [0.3, 0.4) is 0 Å². The van der Waals surface area contributed by atoms with Gasteiger partial charge in [-0.15, -0.1) is 0 Å². The van der Waals surface area contributed by atoms with Crippen molar-refractivity contribution in [2.45, 2.75) is 77.5 Å². The average Bonchev–Trinajstić information content (AvgIpc) is 2.21. The van der Waals surface area contributed by atoms with Crippen LogP contribution >= 0.6 is 11.6 Å². The molecule has 1 aliphatic rings. The second-order valence-corrected chi connectivity index (χ2v) is 7.99. The van der Waals surface area contributed by atoms with E-state index in [4.69, 9.17) is 17.3 Å². The number of nitrogens with one attached hydrogen (secondary N) is 1. The summed E-state index contributed by atoms with van der Waals surface area (Å²) in [6, 6.07) is 0.397. The molecule has 22 heavy (non-hydrogen) atoms. The zero-order chi connectivity index (χ0) is 16.7. The van der Waals surface area contributed by atoms with Gasteiger partial charge in [0.25, 0.3) is 0 Å². The number of halogens is 1. The van der Waals surface area contributed by atoms with Crippen LogP contribution in [0.4, 0.5) is 11.9 Å². The Morgan fingerprint density at radius 1 is 1.14 bits per heavy atom. The molecule has 0 aliphatic carbocycles. The van der Waals surface area contributed by atoms with Gasteiger partial charge in [0, 0.05) is 23.2 Å². The van der Waals surface area contributed by atoms with E-state index < -0.39 is 0 Å². The van der Waals surface area contributed by atoms with Crippen molar-refractivity contribution in [1.82, 2.24) is 15.0 Å². The lowest BCUT2D eigenvalue weighted by atomic mass is 9.77. The molecule has 0 aromatic carbocycles. The van der Waals surface area contributed by atoms with Crippen LogP contribution in [-0.4, -0.2) is 38.1 Å². The third kappa shape index (κ3) is 3.60. The summed E-state index contributed by atoms with van der Waals surface area (Å²) in [6.45, 7) is 12.7. The van der Waals surface area contributed by atoms with Crippen LogP contribution in [0.5, 0.6) is 0 Å². The van der Waals surface area contributed by atoms with E-state index in [1.54, 1.807) is 0 Å². The van der Waals surface area contributed by atoms with Crippen LogP contribution in [0.25, 0.3) is 0 Å². The van der Waals surface area contributed by atoms with E-state index in [9.17, 15) is 0 Å². The molecule has 0 radical (unpaired) electrons. The Kier molecular flexibility index (Phi) is 4.55. The van der Waals surface area contributed by atoms with Gasteiger partial charge in [-0.1, -0.05) is 0 Å². The molecule has 124 valence electrons. The number of nitrogens with zero attached hydrogens (tertiary/aromatic N) is 4. The predicted molar refractivity (Wildman–Crippen MR) is 91.4 cm³/mol. The minimum absolute atomic E-state index is 0.152. The van der Waals surface area contributed by atoms with E-state index >= 15 is 0 Å². The third-order valence-electron chi connectivity index (χ3n) is 3.95. The molecule has 1 fully saturated rings. The standard InChI is InChI=1S/C15H27ClN6/c1-9(2)18-12-19-11(16)20-13(21-12)22-14(3,4)7-10(17)8-15(22,5)6/h9-10H,7-8,17H2,1-6H3,(H,18,19,20,21). The number of anilines is 2. The minimum Gasteiger partial charge on any atom is -0.352 e. The molecule has 1 aliphatic heterocycles. The molecule has 1 aromatic rings. The summed E-state index contributed by atoms with van der Waals surface area (Å²) >= 11 is 6.11. The van der Waals surface area contributed by atoms with E-state index in [1.165, 1.54) is 0 Å². The monoisotopic (exact) mass is 326 g/mol. The Morgan fingerprint density at radius 3 is 2.18 bits per heavy atom. The van der Waals surface area contributed by atoms with Crippen molar-refractivity contribution >= 4 is 23.5 Å². The van der Waals surface area contributed by atoms with Gasteiger partial charge in [0.05, 0.1) is 0 Å². The Hall–Kier alpha value is -1.14. The van der Waals surface area contributed by atoms with Crippen LogP contribution in [0.15, 0.2) is 0 Å². The highest BCUT2D eigenvalue weighted by Crippen LogP contribution is 2.40. The fourth-order valence-corrected chi connectivity index (χ4v) is 3.82. The summed E-state index contributed by atoms with van der Waals surface area (Å²) in [5, 5.41) is 3.39. The predicted octanol–water partition coefficient (Wildman–Crippen LogP) is 2.83. The van der Waals surface area contributed by atoms with Crippen molar-refractivity contribution in [2.24, 2.45) is 5.73 Å². The van der Waals surface area contributed by atoms with E-state index in [0.29, 0.717) is 11.9 Å². The molecule has 1 saturated heterocycles. The molecule has 7 heteroatoms. The first-order chi connectivity index (χ1) is 10.0. The number of rotatable bonds is 3. The van der Waals surface area contributed by atoms with Crippen molar-refractivity contribution in [1.29, 1.82) is 0 Å². The van der Waals surface area contributed by atoms with Crippen molar-refractivity contribution in [3.05, 3.63) is 5.28 Å². The van der Waals surface area contributed by atoms with Gasteiger partial charge in [0.1, 0.15) is 0 Å². The maximum absolute atomic E-state index is 6.23. The van der Waals surface area contributed by atoms with E-state index in [2.05, 4.69) is 52.9 Å². The minimum atomic E-state index is -0.152. The first-order valence-corrected chi connectivity index (χ1v) is 8.13. The molecule has 0 spiro atoms. The lowest BCUT2D eigenvalue weighted by Gasteiger charge is -2.54. The molecule has 0 bridgehead atoms. The third-order valence-corrected chi connectivity index (χ3v) is 4.12. The average molecular weight is 327 g/mol. The Balaban J connectivity index is 2.46. The maximum atomic E-state index is 6.23. The summed E-state index contributed by atoms with van der Waals surface area (Å²) in [6.07, 6.45) is 1.76. The molecule has 0 amide bonds. The molecule has 0 unspecified atom stereocenters. The SMILES string of the molecule is CC(C)Nc1nc(Cl)nc(N2C(C)(C)CC(N)CC2(C)C)n1. The van der Waals surface area contributed by atoms with Crippen LogP contribution in [-0.2, 0) is 0 Å². The second kappa shape index (κ2) is 5.81. The second-order valence-electron chi connectivity index (χ2n) is 7.66. The topological polar surface area (TPSA) is 80.0 Å². The molecule has 0 atom stereocenters. The summed E-state index contributed by atoms with van der Waals surface area (Å²) in [7, 11) is 0. The number of hydrogen-bond donors (Lipinski definition) is 2. The van der Waals surface area contributed by atoms with E-state index in [0.717, 1.165) is 12.8 Å². The van der Waals surface area contributed by atoms with Gasteiger partial charge in [-0.2, -0.15) is 15.0 Å². The zero-order valence-corrected chi connectivity index (χ0v) is 15.1. The highest BCUT2D eigenvalue weighted by atomic mass is 35.5. The lowest BCUT2D eigenvalue weighted by Crippen LogP contribution is -2.64. The number of aromatic nitrogens is 3. The number of nitrogens with two attached hydrogens (primary N) is 1. The fourth-order valence-electron chi connectivity index (χ4n) is 3.66. The highest BCUT2D eigenvalue weighted by molar-refractivity contribution is 6.28. The van der Waals surface area contributed by atoms with Gasteiger partial charge in [-0.3, -0.25) is 0 Å². The van der Waals surface area contributed by atoms with E-state index in [1.807, 2.05) is 13.8 Å². The van der Waals surface area contributed by atoms with Crippen LogP contribution in [0.2, 0.25) is 5.28 Å². The molecule has 6 nitrogen and oxygen atoms in total. The van der Waals surface area contributed by atoms with Crippen LogP contribution in [0, 0.1) is 0 Å². The van der Waals surface area contributed by atoms with Gasteiger partial charge >= 0.3 is 0 Å². The van der Waals surface area contributed by atoms with Crippen LogP contribution < -0.4 is 16.0 Å². The maximum Gasteiger partial charge on any atom is 0.232 e. The molecule has 0 saturated carbocycles. The fraction of sp³-hybridized carbons (Fsp3) is 0.800.